The van der Waals surface area contributed by atoms with E-state index in [-0.39, 0.29) is 12.5 Å². The molecule has 1 saturated carbocycles. The maximum absolute atomic E-state index is 11.0. The van der Waals surface area contributed by atoms with Crippen molar-refractivity contribution in [1.82, 2.24) is 15.5 Å². The van der Waals surface area contributed by atoms with Crippen molar-refractivity contribution in [3.63, 3.8) is 0 Å². The minimum absolute atomic E-state index is 0.0684. The van der Waals surface area contributed by atoms with Gasteiger partial charge in [-0.15, -0.1) is 0 Å². The molecule has 3 N–H and O–H groups in total. The van der Waals surface area contributed by atoms with Gasteiger partial charge < -0.3 is 10.4 Å². The van der Waals surface area contributed by atoms with E-state index in [1.165, 1.54) is 25.7 Å². The number of nitrogens with one attached hydrogen (secondary N) is 2. The third kappa shape index (κ3) is 4.67. The molecule has 19 heavy (non-hydrogen) atoms. The van der Waals surface area contributed by atoms with Crippen LogP contribution in [0.5, 0.6) is 0 Å². The summed E-state index contributed by atoms with van der Waals surface area (Å²) < 4.78 is 0. The van der Waals surface area contributed by atoms with E-state index in [4.69, 9.17) is 5.11 Å². The molecule has 1 fully saturated rings. The number of aromatic amines is 1. The van der Waals surface area contributed by atoms with Crippen LogP contribution in [0.2, 0.25) is 0 Å². The first-order chi connectivity index (χ1) is 9.25. The SMILES string of the molecule is O=C(O)CC(NCc1ccn[nH]1)C1CCCCCC1. The lowest BCUT2D eigenvalue weighted by atomic mass is 9.89. The van der Waals surface area contributed by atoms with E-state index in [0.717, 1.165) is 18.5 Å². The molecule has 5 heteroatoms. The lowest BCUT2D eigenvalue weighted by Crippen LogP contribution is -2.37. The second kappa shape index (κ2) is 7.28. The number of carboxylic acid groups (broad SMARTS) is 1. The van der Waals surface area contributed by atoms with Crippen LogP contribution in [0.25, 0.3) is 0 Å². The first-order valence-electron chi connectivity index (χ1n) is 7.19. The van der Waals surface area contributed by atoms with E-state index in [2.05, 4.69) is 15.5 Å². The number of nitrogens with zero attached hydrogens (tertiary/aromatic N) is 1. The minimum Gasteiger partial charge on any atom is -0.481 e. The molecule has 1 unspecified atom stereocenters. The van der Waals surface area contributed by atoms with Crippen LogP contribution in [0.15, 0.2) is 12.3 Å². The van der Waals surface area contributed by atoms with Gasteiger partial charge in [0.05, 0.1) is 6.42 Å². The molecule has 1 aliphatic carbocycles. The van der Waals surface area contributed by atoms with Crippen LogP contribution >= 0.6 is 0 Å². The highest BCUT2D eigenvalue weighted by Gasteiger charge is 2.24. The maximum atomic E-state index is 11.0. The molecule has 0 spiro atoms. The second-order valence-electron chi connectivity index (χ2n) is 5.42. The Labute approximate surface area is 113 Å². The number of hydrogen-bond acceptors (Lipinski definition) is 3. The minimum atomic E-state index is -0.716. The lowest BCUT2D eigenvalue weighted by molar-refractivity contribution is -0.138. The Morgan fingerprint density at radius 3 is 2.74 bits per heavy atom. The standard InChI is InChI=1S/C14H23N3O2/c18-14(19)9-13(11-5-3-1-2-4-6-11)15-10-12-7-8-16-17-12/h7-8,11,13,15H,1-6,9-10H2,(H,16,17)(H,18,19). The van der Waals surface area contributed by atoms with Crippen molar-refractivity contribution < 1.29 is 9.90 Å². The van der Waals surface area contributed by atoms with E-state index in [0.29, 0.717) is 12.5 Å². The normalized spacial score (nSPS) is 18.9. The van der Waals surface area contributed by atoms with E-state index in [1.54, 1.807) is 6.20 Å². The van der Waals surface area contributed by atoms with Crippen LogP contribution in [-0.4, -0.2) is 27.3 Å². The van der Waals surface area contributed by atoms with Gasteiger partial charge in [-0.25, -0.2) is 0 Å². The van der Waals surface area contributed by atoms with Crippen molar-refractivity contribution in [2.45, 2.75) is 57.5 Å². The Morgan fingerprint density at radius 1 is 1.42 bits per heavy atom. The maximum Gasteiger partial charge on any atom is 0.304 e. The van der Waals surface area contributed by atoms with Gasteiger partial charge in [-0.05, 0) is 24.8 Å². The van der Waals surface area contributed by atoms with Crippen LogP contribution in [-0.2, 0) is 11.3 Å². The number of aromatic nitrogens is 2. The van der Waals surface area contributed by atoms with Gasteiger partial charge in [0.15, 0.2) is 0 Å². The molecule has 1 aromatic heterocycles. The largest absolute Gasteiger partial charge is 0.481 e. The summed E-state index contributed by atoms with van der Waals surface area (Å²) in [6, 6.07) is 1.98. The van der Waals surface area contributed by atoms with Crippen molar-refractivity contribution >= 4 is 5.97 Å². The van der Waals surface area contributed by atoms with Crippen LogP contribution in [0, 0.1) is 5.92 Å². The molecule has 1 aliphatic rings. The topological polar surface area (TPSA) is 78.0 Å². The van der Waals surface area contributed by atoms with Gasteiger partial charge in [0.25, 0.3) is 0 Å². The Morgan fingerprint density at radius 2 is 2.16 bits per heavy atom. The summed E-state index contributed by atoms with van der Waals surface area (Å²) in [6.07, 6.45) is 9.25. The molecular weight excluding hydrogens is 242 g/mol. The first-order valence-corrected chi connectivity index (χ1v) is 7.19. The monoisotopic (exact) mass is 265 g/mol. The van der Waals surface area contributed by atoms with E-state index in [9.17, 15) is 4.79 Å². The molecule has 106 valence electrons. The quantitative estimate of drug-likeness (QED) is 0.690. The molecule has 0 saturated heterocycles. The summed E-state index contributed by atoms with van der Waals surface area (Å²) in [5.41, 5.74) is 1.00. The van der Waals surface area contributed by atoms with Gasteiger partial charge in [0.1, 0.15) is 0 Å². The summed E-state index contributed by atoms with van der Waals surface area (Å²) in [6.45, 7) is 0.661. The third-order valence-electron chi connectivity index (χ3n) is 3.98. The van der Waals surface area contributed by atoms with Crippen LogP contribution < -0.4 is 5.32 Å². The highest BCUT2D eigenvalue weighted by Crippen LogP contribution is 2.27. The van der Waals surface area contributed by atoms with Gasteiger partial charge in [0.2, 0.25) is 0 Å². The van der Waals surface area contributed by atoms with Gasteiger partial charge >= 0.3 is 5.97 Å². The molecule has 0 bridgehead atoms. The highest BCUT2D eigenvalue weighted by atomic mass is 16.4. The Balaban J connectivity index is 1.91. The molecule has 1 atom stereocenters. The highest BCUT2D eigenvalue weighted by molar-refractivity contribution is 5.67. The molecule has 1 heterocycles. The van der Waals surface area contributed by atoms with Crippen molar-refractivity contribution in [3.05, 3.63) is 18.0 Å². The average Bonchev–Trinajstić information content (AvgIpc) is 2.75. The molecular formula is C14H23N3O2. The average molecular weight is 265 g/mol. The molecule has 5 nitrogen and oxygen atoms in total. The number of H-pyrrole nitrogens is 1. The molecule has 1 aromatic rings. The molecule has 2 rings (SSSR count). The number of carbonyl (C=O) groups is 1. The van der Waals surface area contributed by atoms with Crippen molar-refractivity contribution in [3.8, 4) is 0 Å². The summed E-state index contributed by atoms with van der Waals surface area (Å²) in [7, 11) is 0. The Hall–Kier alpha value is -1.36. The van der Waals surface area contributed by atoms with Gasteiger partial charge in [-0.1, -0.05) is 25.7 Å². The smallest absolute Gasteiger partial charge is 0.304 e. The van der Waals surface area contributed by atoms with Gasteiger partial charge in [-0.2, -0.15) is 5.10 Å². The zero-order valence-corrected chi connectivity index (χ0v) is 11.3. The summed E-state index contributed by atoms with van der Waals surface area (Å²) >= 11 is 0. The van der Waals surface area contributed by atoms with Gasteiger partial charge in [0, 0.05) is 24.5 Å². The number of rotatable bonds is 6. The molecule has 0 radical (unpaired) electrons. The predicted molar refractivity (Wildman–Crippen MR) is 72.7 cm³/mol. The number of aliphatic carboxylic acids is 1. The van der Waals surface area contributed by atoms with Crippen molar-refractivity contribution in [2.24, 2.45) is 5.92 Å². The fourth-order valence-corrected chi connectivity index (χ4v) is 2.93. The Bertz CT molecular complexity index is 370. The van der Waals surface area contributed by atoms with Crippen molar-refractivity contribution in [2.75, 3.05) is 0 Å². The number of carboxylic acids is 1. The predicted octanol–water partition coefficient (Wildman–Crippen LogP) is 2.31. The van der Waals surface area contributed by atoms with Gasteiger partial charge in [-0.3, -0.25) is 9.89 Å². The fourth-order valence-electron chi connectivity index (χ4n) is 2.93. The van der Waals surface area contributed by atoms with Crippen LogP contribution in [0.1, 0.15) is 50.6 Å². The zero-order chi connectivity index (χ0) is 13.5. The van der Waals surface area contributed by atoms with Crippen LogP contribution in [0.3, 0.4) is 0 Å². The van der Waals surface area contributed by atoms with Crippen LogP contribution in [0.4, 0.5) is 0 Å². The number of hydrogen-bond donors (Lipinski definition) is 3. The lowest BCUT2D eigenvalue weighted by Gasteiger charge is -2.26. The van der Waals surface area contributed by atoms with Crippen molar-refractivity contribution in [1.29, 1.82) is 0 Å². The van der Waals surface area contributed by atoms with E-state index in [1.807, 2.05) is 6.07 Å². The molecule has 0 aliphatic heterocycles. The molecule has 0 aromatic carbocycles. The first kappa shape index (κ1) is 14.1. The van der Waals surface area contributed by atoms with E-state index >= 15 is 0 Å². The third-order valence-corrected chi connectivity index (χ3v) is 3.98. The summed E-state index contributed by atoms with van der Waals surface area (Å²) in [5.74, 6) is -0.229. The second-order valence-corrected chi connectivity index (χ2v) is 5.42. The fraction of sp³-hybridized carbons (Fsp3) is 0.714. The molecule has 0 amide bonds. The summed E-state index contributed by atoms with van der Waals surface area (Å²) in [4.78, 5) is 11.0. The summed E-state index contributed by atoms with van der Waals surface area (Å²) in [5, 5.41) is 19.3. The zero-order valence-electron chi connectivity index (χ0n) is 11.3. The Kier molecular flexibility index (Phi) is 5.39. The van der Waals surface area contributed by atoms with E-state index < -0.39 is 5.97 Å².